The molecule has 1 aliphatic rings. The number of ether oxygens (including phenoxy) is 1. The van der Waals surface area contributed by atoms with Gasteiger partial charge in [0.05, 0.1) is 23.4 Å². The van der Waals surface area contributed by atoms with Crippen LogP contribution in [-0.4, -0.2) is 21.4 Å². The summed E-state index contributed by atoms with van der Waals surface area (Å²) in [5, 5.41) is 2.63. The van der Waals surface area contributed by atoms with Crippen molar-refractivity contribution in [1.29, 1.82) is 0 Å². The van der Waals surface area contributed by atoms with Crippen LogP contribution in [-0.2, 0) is 27.7 Å². The van der Waals surface area contributed by atoms with Gasteiger partial charge in [-0.1, -0.05) is 6.07 Å². The summed E-state index contributed by atoms with van der Waals surface area (Å²) in [4.78, 5) is 11.5. The fourth-order valence-electron chi connectivity index (χ4n) is 2.99. The fourth-order valence-corrected chi connectivity index (χ4v) is 4.09. The van der Waals surface area contributed by atoms with Gasteiger partial charge in [0, 0.05) is 6.92 Å². The van der Waals surface area contributed by atoms with Crippen LogP contribution in [0.1, 0.15) is 24.5 Å². The number of sulfonamides is 1. The molecule has 25 heavy (non-hydrogen) atoms. The Hall–Kier alpha value is -2.54. The Labute approximate surface area is 147 Å². The predicted octanol–water partition coefficient (Wildman–Crippen LogP) is 2.94. The Morgan fingerprint density at radius 1 is 1.08 bits per heavy atom. The summed E-state index contributed by atoms with van der Waals surface area (Å²) in [6, 6.07) is 9.98. The lowest BCUT2D eigenvalue weighted by Gasteiger charge is -2.13. The van der Waals surface area contributed by atoms with Gasteiger partial charge in [0.2, 0.25) is 5.91 Å². The molecule has 7 heteroatoms. The molecule has 0 radical (unpaired) electrons. The molecule has 0 aromatic heterocycles. The van der Waals surface area contributed by atoms with E-state index >= 15 is 0 Å². The fraction of sp³-hybridized carbons (Fsp3) is 0.278. The zero-order chi connectivity index (χ0) is 18.0. The first-order chi connectivity index (χ1) is 11.9. The van der Waals surface area contributed by atoms with Crippen LogP contribution in [0.4, 0.5) is 11.4 Å². The minimum Gasteiger partial charge on any atom is -0.495 e. The van der Waals surface area contributed by atoms with E-state index in [0.717, 1.165) is 24.8 Å². The summed E-state index contributed by atoms with van der Waals surface area (Å²) in [6.07, 6.45) is 2.97. The zero-order valence-electron chi connectivity index (χ0n) is 14.1. The smallest absolute Gasteiger partial charge is 0.261 e. The third-order valence-corrected chi connectivity index (χ3v) is 5.52. The van der Waals surface area contributed by atoms with Crippen LogP contribution in [0, 0.1) is 0 Å². The number of carbonyl (C=O) groups excluding carboxylic acids is 1. The van der Waals surface area contributed by atoms with Crippen LogP contribution >= 0.6 is 0 Å². The molecule has 0 fully saturated rings. The van der Waals surface area contributed by atoms with E-state index in [2.05, 4.69) is 10.0 Å². The van der Waals surface area contributed by atoms with Crippen molar-refractivity contribution in [1.82, 2.24) is 0 Å². The number of benzene rings is 2. The molecule has 0 spiro atoms. The van der Waals surface area contributed by atoms with Gasteiger partial charge in [-0.3, -0.25) is 9.52 Å². The van der Waals surface area contributed by atoms with Gasteiger partial charge < -0.3 is 10.1 Å². The Balaban J connectivity index is 1.89. The number of anilines is 2. The summed E-state index contributed by atoms with van der Waals surface area (Å²) in [7, 11) is -2.22. The molecule has 2 N–H and O–H groups in total. The summed E-state index contributed by atoms with van der Waals surface area (Å²) in [5.74, 6) is 0.188. The van der Waals surface area contributed by atoms with Crippen molar-refractivity contribution < 1.29 is 17.9 Å². The molecule has 0 saturated heterocycles. The number of amides is 1. The second kappa shape index (κ2) is 6.76. The van der Waals surface area contributed by atoms with Gasteiger partial charge in [0.25, 0.3) is 10.0 Å². The Bertz CT molecular complexity index is 923. The molecule has 2 aromatic carbocycles. The minimum absolute atomic E-state index is 0.241. The van der Waals surface area contributed by atoms with Gasteiger partial charge in [-0.25, -0.2) is 8.42 Å². The molecule has 0 aliphatic heterocycles. The predicted molar refractivity (Wildman–Crippen MR) is 96.6 cm³/mol. The van der Waals surface area contributed by atoms with Crippen molar-refractivity contribution in [2.45, 2.75) is 31.1 Å². The van der Waals surface area contributed by atoms with Gasteiger partial charge in [-0.15, -0.1) is 0 Å². The van der Waals surface area contributed by atoms with Gasteiger partial charge in [0.15, 0.2) is 0 Å². The van der Waals surface area contributed by atoms with Crippen LogP contribution in [0.25, 0.3) is 0 Å². The molecule has 0 saturated carbocycles. The molecule has 0 heterocycles. The number of methoxy groups -OCH3 is 1. The SMILES string of the molecule is COc1ccc(NS(=O)(=O)c2ccc3c(c2)CCC3)cc1NC(C)=O. The average Bonchev–Trinajstić information content (AvgIpc) is 3.02. The molecular weight excluding hydrogens is 340 g/mol. The van der Waals surface area contributed by atoms with Crippen molar-refractivity contribution >= 4 is 27.3 Å². The standard InChI is InChI=1S/C18H20N2O4S/c1-12(21)19-17-11-15(7-9-18(17)24-2)20-25(22,23)16-8-6-13-4-3-5-14(13)10-16/h6-11,20H,3-5H2,1-2H3,(H,19,21). The number of carbonyl (C=O) groups is 1. The van der Waals surface area contributed by atoms with Gasteiger partial charge in [0.1, 0.15) is 5.75 Å². The first-order valence-electron chi connectivity index (χ1n) is 7.99. The van der Waals surface area contributed by atoms with Gasteiger partial charge in [-0.2, -0.15) is 0 Å². The maximum atomic E-state index is 12.7. The second-order valence-corrected chi connectivity index (χ2v) is 7.67. The van der Waals surface area contributed by atoms with Gasteiger partial charge >= 0.3 is 0 Å². The quantitative estimate of drug-likeness (QED) is 0.859. The monoisotopic (exact) mass is 360 g/mol. The van der Waals surface area contributed by atoms with E-state index in [1.807, 2.05) is 6.07 Å². The normalized spacial score (nSPS) is 13.2. The van der Waals surface area contributed by atoms with Crippen molar-refractivity contribution in [3.05, 3.63) is 47.5 Å². The van der Waals surface area contributed by atoms with E-state index < -0.39 is 10.0 Å². The van der Waals surface area contributed by atoms with Crippen LogP contribution in [0.3, 0.4) is 0 Å². The van der Waals surface area contributed by atoms with Gasteiger partial charge in [-0.05, 0) is 60.7 Å². The Morgan fingerprint density at radius 3 is 2.56 bits per heavy atom. The maximum absolute atomic E-state index is 12.7. The molecule has 2 aromatic rings. The highest BCUT2D eigenvalue weighted by molar-refractivity contribution is 7.92. The van der Waals surface area contributed by atoms with Crippen molar-refractivity contribution in [2.75, 3.05) is 17.1 Å². The molecular formula is C18H20N2O4S. The van der Waals surface area contributed by atoms with E-state index in [0.29, 0.717) is 17.1 Å². The zero-order valence-corrected chi connectivity index (χ0v) is 14.9. The topological polar surface area (TPSA) is 84.5 Å². The highest BCUT2D eigenvalue weighted by Crippen LogP contribution is 2.30. The molecule has 132 valence electrons. The number of rotatable bonds is 5. The van der Waals surface area contributed by atoms with E-state index in [-0.39, 0.29) is 10.8 Å². The highest BCUT2D eigenvalue weighted by Gasteiger charge is 2.19. The Kier molecular flexibility index (Phi) is 4.67. The maximum Gasteiger partial charge on any atom is 0.261 e. The summed E-state index contributed by atoms with van der Waals surface area (Å²) in [5.41, 5.74) is 3.07. The highest BCUT2D eigenvalue weighted by atomic mass is 32.2. The minimum atomic E-state index is -3.70. The van der Waals surface area contributed by atoms with Crippen molar-refractivity contribution in [2.24, 2.45) is 0 Å². The molecule has 0 atom stereocenters. The third-order valence-electron chi connectivity index (χ3n) is 4.14. The van der Waals surface area contributed by atoms with E-state index in [1.54, 1.807) is 24.3 Å². The lowest BCUT2D eigenvalue weighted by molar-refractivity contribution is -0.114. The average molecular weight is 360 g/mol. The number of hydrogen-bond acceptors (Lipinski definition) is 4. The first-order valence-corrected chi connectivity index (χ1v) is 9.47. The third kappa shape index (κ3) is 3.76. The molecule has 1 amide bonds. The summed E-state index contributed by atoms with van der Waals surface area (Å²) >= 11 is 0. The number of hydrogen-bond donors (Lipinski definition) is 2. The molecule has 6 nitrogen and oxygen atoms in total. The van der Waals surface area contributed by atoms with E-state index in [9.17, 15) is 13.2 Å². The van der Waals surface area contributed by atoms with Crippen LogP contribution in [0.5, 0.6) is 5.75 Å². The molecule has 0 bridgehead atoms. The van der Waals surface area contributed by atoms with Crippen LogP contribution in [0.15, 0.2) is 41.3 Å². The van der Waals surface area contributed by atoms with Crippen LogP contribution < -0.4 is 14.8 Å². The largest absolute Gasteiger partial charge is 0.495 e. The van der Waals surface area contributed by atoms with E-state index in [4.69, 9.17) is 4.74 Å². The number of nitrogens with one attached hydrogen (secondary N) is 2. The first kappa shape index (κ1) is 17.3. The number of aryl methyl sites for hydroxylation is 2. The number of fused-ring (bicyclic) bond motifs is 1. The Morgan fingerprint density at radius 2 is 1.84 bits per heavy atom. The molecule has 0 unspecified atom stereocenters. The molecule has 3 rings (SSSR count). The van der Waals surface area contributed by atoms with Crippen molar-refractivity contribution in [3.8, 4) is 5.75 Å². The lowest BCUT2D eigenvalue weighted by Crippen LogP contribution is -2.14. The van der Waals surface area contributed by atoms with E-state index in [1.165, 1.54) is 25.7 Å². The second-order valence-electron chi connectivity index (χ2n) is 5.99. The summed E-state index contributed by atoms with van der Waals surface area (Å²) in [6.45, 7) is 1.38. The summed E-state index contributed by atoms with van der Waals surface area (Å²) < 4.78 is 33.0. The molecule has 1 aliphatic carbocycles. The lowest BCUT2D eigenvalue weighted by atomic mass is 10.1. The van der Waals surface area contributed by atoms with Crippen molar-refractivity contribution in [3.63, 3.8) is 0 Å². The van der Waals surface area contributed by atoms with Crippen LogP contribution in [0.2, 0.25) is 0 Å².